The number of ether oxygens (including phenoxy) is 1. The molecule has 0 aliphatic carbocycles. The molecule has 0 unspecified atom stereocenters. The molecule has 5 heteroatoms. The van der Waals surface area contributed by atoms with Gasteiger partial charge in [-0.3, -0.25) is 9.59 Å². The predicted octanol–water partition coefficient (Wildman–Crippen LogP) is 4.35. The van der Waals surface area contributed by atoms with Gasteiger partial charge in [0.1, 0.15) is 0 Å². The first kappa shape index (κ1) is 19.9. The summed E-state index contributed by atoms with van der Waals surface area (Å²) in [5.74, 6) is -0.641. The number of esters is 1. The minimum Gasteiger partial charge on any atom is -0.456 e. The fraction of sp³-hybridized carbons (Fsp3) is 0.391. The zero-order valence-electron chi connectivity index (χ0n) is 16.4. The van der Waals surface area contributed by atoms with Crippen LogP contribution in [-0.4, -0.2) is 31.6 Å². The highest BCUT2D eigenvalue weighted by Gasteiger charge is 2.14. The van der Waals surface area contributed by atoms with Gasteiger partial charge in [0.2, 0.25) is 0 Å². The molecule has 1 N–H and O–H groups in total. The number of rotatable bonds is 7. The molecule has 2 aromatic carbocycles. The van der Waals surface area contributed by atoms with E-state index in [1.54, 1.807) is 0 Å². The van der Waals surface area contributed by atoms with Gasteiger partial charge in [-0.1, -0.05) is 37.3 Å². The standard InChI is InChI=1S/C23H28N2O3/c1-18(19-8-4-2-5-9-19)16-23(27)28-17-22(26)24-20-10-12-21(13-11-20)25-14-6-3-7-15-25/h2,4-5,8-13,18H,3,6-7,14-17H2,1H3,(H,24,26)/t18-/m1/s1. The number of amides is 1. The molecule has 1 aliphatic rings. The molecule has 1 atom stereocenters. The van der Waals surface area contributed by atoms with Crippen molar-refractivity contribution in [3.63, 3.8) is 0 Å². The van der Waals surface area contributed by atoms with Gasteiger partial charge < -0.3 is 15.0 Å². The maximum Gasteiger partial charge on any atom is 0.306 e. The molecular formula is C23H28N2O3. The zero-order chi connectivity index (χ0) is 19.8. The van der Waals surface area contributed by atoms with Crippen molar-refractivity contribution in [2.45, 2.75) is 38.5 Å². The van der Waals surface area contributed by atoms with Crippen molar-refractivity contribution in [1.82, 2.24) is 0 Å². The number of hydrogen-bond donors (Lipinski definition) is 1. The minimum atomic E-state index is -0.369. The number of carbonyl (C=O) groups excluding carboxylic acids is 2. The monoisotopic (exact) mass is 380 g/mol. The molecule has 2 aromatic rings. The van der Waals surface area contributed by atoms with Gasteiger partial charge in [-0.15, -0.1) is 0 Å². The largest absolute Gasteiger partial charge is 0.456 e. The van der Waals surface area contributed by atoms with E-state index in [-0.39, 0.29) is 30.8 Å². The Labute approximate surface area is 166 Å². The van der Waals surface area contributed by atoms with E-state index >= 15 is 0 Å². The zero-order valence-corrected chi connectivity index (χ0v) is 16.4. The van der Waals surface area contributed by atoms with Crippen molar-refractivity contribution in [3.05, 3.63) is 60.2 Å². The maximum atomic E-state index is 12.1. The topological polar surface area (TPSA) is 58.6 Å². The van der Waals surface area contributed by atoms with Crippen LogP contribution in [0.2, 0.25) is 0 Å². The third kappa shape index (κ3) is 5.84. The van der Waals surface area contributed by atoms with Gasteiger partial charge in [-0.05, 0) is 55.0 Å². The van der Waals surface area contributed by atoms with Crippen LogP contribution >= 0.6 is 0 Å². The summed E-state index contributed by atoms with van der Waals surface area (Å²) in [5, 5.41) is 2.78. The molecule has 3 rings (SSSR count). The summed E-state index contributed by atoms with van der Waals surface area (Å²) in [6.45, 7) is 3.88. The van der Waals surface area contributed by atoms with Crippen molar-refractivity contribution in [1.29, 1.82) is 0 Å². The number of piperidine rings is 1. The Kier molecular flexibility index (Phi) is 7.06. The van der Waals surface area contributed by atoms with E-state index in [2.05, 4.69) is 10.2 Å². The first-order chi connectivity index (χ1) is 13.6. The first-order valence-corrected chi connectivity index (χ1v) is 9.97. The van der Waals surface area contributed by atoms with Crippen LogP contribution in [0, 0.1) is 0 Å². The average molecular weight is 380 g/mol. The van der Waals surface area contributed by atoms with Crippen LogP contribution < -0.4 is 10.2 Å². The van der Waals surface area contributed by atoms with Crippen LogP contribution in [0.25, 0.3) is 0 Å². The van der Waals surface area contributed by atoms with E-state index in [0.29, 0.717) is 5.69 Å². The fourth-order valence-corrected chi connectivity index (χ4v) is 3.46. The van der Waals surface area contributed by atoms with Crippen molar-refractivity contribution in [2.24, 2.45) is 0 Å². The normalized spacial score (nSPS) is 15.0. The molecule has 1 saturated heterocycles. The number of anilines is 2. The highest BCUT2D eigenvalue weighted by atomic mass is 16.5. The lowest BCUT2D eigenvalue weighted by atomic mass is 9.98. The van der Waals surface area contributed by atoms with E-state index in [4.69, 9.17) is 4.74 Å². The molecule has 28 heavy (non-hydrogen) atoms. The summed E-state index contributed by atoms with van der Waals surface area (Å²) in [7, 11) is 0. The SMILES string of the molecule is C[C@H](CC(=O)OCC(=O)Nc1ccc(N2CCCCC2)cc1)c1ccccc1. The van der Waals surface area contributed by atoms with Crippen molar-refractivity contribution < 1.29 is 14.3 Å². The second-order valence-electron chi connectivity index (χ2n) is 7.32. The van der Waals surface area contributed by atoms with E-state index in [1.165, 1.54) is 24.9 Å². The minimum absolute atomic E-state index is 0.0547. The third-order valence-corrected chi connectivity index (χ3v) is 5.08. The van der Waals surface area contributed by atoms with Crippen LogP contribution in [0.3, 0.4) is 0 Å². The molecule has 148 valence electrons. The van der Waals surface area contributed by atoms with Crippen molar-refractivity contribution >= 4 is 23.3 Å². The quantitative estimate of drug-likeness (QED) is 0.726. The van der Waals surface area contributed by atoms with Crippen LogP contribution in [0.5, 0.6) is 0 Å². The van der Waals surface area contributed by atoms with Gasteiger partial charge in [0.15, 0.2) is 6.61 Å². The number of hydrogen-bond acceptors (Lipinski definition) is 4. The maximum absolute atomic E-state index is 12.1. The number of nitrogens with one attached hydrogen (secondary N) is 1. The highest BCUT2D eigenvalue weighted by Crippen LogP contribution is 2.22. The van der Waals surface area contributed by atoms with Gasteiger partial charge in [0.05, 0.1) is 6.42 Å². The Morgan fingerprint density at radius 3 is 2.36 bits per heavy atom. The molecule has 5 nitrogen and oxygen atoms in total. The lowest BCUT2D eigenvalue weighted by Crippen LogP contribution is -2.29. The summed E-state index contributed by atoms with van der Waals surface area (Å²) in [6, 6.07) is 17.6. The molecular weight excluding hydrogens is 352 g/mol. The van der Waals surface area contributed by atoms with Gasteiger partial charge in [-0.25, -0.2) is 0 Å². The van der Waals surface area contributed by atoms with Crippen molar-refractivity contribution in [3.8, 4) is 0 Å². The molecule has 1 heterocycles. The number of benzene rings is 2. The molecule has 0 bridgehead atoms. The van der Waals surface area contributed by atoms with E-state index < -0.39 is 0 Å². The van der Waals surface area contributed by atoms with Gasteiger partial charge in [0.25, 0.3) is 5.91 Å². The van der Waals surface area contributed by atoms with E-state index in [1.807, 2.05) is 61.5 Å². The summed E-state index contributed by atoms with van der Waals surface area (Å²) < 4.78 is 5.13. The lowest BCUT2D eigenvalue weighted by Gasteiger charge is -2.28. The molecule has 0 spiro atoms. The van der Waals surface area contributed by atoms with Gasteiger partial charge in [-0.2, -0.15) is 0 Å². The number of nitrogens with zero attached hydrogens (tertiary/aromatic N) is 1. The van der Waals surface area contributed by atoms with Crippen LogP contribution in [0.15, 0.2) is 54.6 Å². The fourth-order valence-electron chi connectivity index (χ4n) is 3.46. The molecule has 0 aromatic heterocycles. The van der Waals surface area contributed by atoms with Crippen LogP contribution in [0.4, 0.5) is 11.4 Å². The molecule has 0 radical (unpaired) electrons. The summed E-state index contributed by atoms with van der Waals surface area (Å²) in [5.41, 5.74) is 2.97. The second-order valence-corrected chi connectivity index (χ2v) is 7.32. The molecule has 1 amide bonds. The second kappa shape index (κ2) is 9.93. The summed E-state index contributed by atoms with van der Waals surface area (Å²) in [4.78, 5) is 26.4. The molecule has 1 fully saturated rings. The van der Waals surface area contributed by atoms with Gasteiger partial charge in [0, 0.05) is 24.5 Å². The Morgan fingerprint density at radius 2 is 1.68 bits per heavy atom. The average Bonchev–Trinajstić information content (AvgIpc) is 2.74. The Morgan fingerprint density at radius 1 is 1.00 bits per heavy atom. The molecule has 0 saturated carbocycles. The predicted molar refractivity (Wildman–Crippen MR) is 112 cm³/mol. The summed E-state index contributed by atoms with van der Waals surface area (Å²) in [6.07, 6.45) is 4.01. The van der Waals surface area contributed by atoms with E-state index in [0.717, 1.165) is 18.7 Å². The van der Waals surface area contributed by atoms with Crippen molar-refractivity contribution in [2.75, 3.05) is 29.9 Å². The third-order valence-electron chi connectivity index (χ3n) is 5.08. The highest BCUT2D eigenvalue weighted by molar-refractivity contribution is 5.93. The molecule has 1 aliphatic heterocycles. The first-order valence-electron chi connectivity index (χ1n) is 9.97. The van der Waals surface area contributed by atoms with E-state index in [9.17, 15) is 9.59 Å². The smallest absolute Gasteiger partial charge is 0.306 e. The van der Waals surface area contributed by atoms with Crippen LogP contribution in [0.1, 0.15) is 44.1 Å². The Hall–Kier alpha value is -2.82. The Balaban J connectivity index is 1.41. The number of carbonyl (C=O) groups is 2. The summed E-state index contributed by atoms with van der Waals surface area (Å²) >= 11 is 0. The van der Waals surface area contributed by atoms with Crippen LogP contribution in [-0.2, 0) is 14.3 Å². The Bertz CT molecular complexity index is 768. The lowest BCUT2D eigenvalue weighted by molar-refractivity contribution is -0.147. The van der Waals surface area contributed by atoms with Gasteiger partial charge >= 0.3 is 5.97 Å².